The lowest BCUT2D eigenvalue weighted by Gasteiger charge is -2.36. The van der Waals surface area contributed by atoms with E-state index in [9.17, 15) is 4.79 Å². The van der Waals surface area contributed by atoms with Crippen LogP contribution in [0.3, 0.4) is 0 Å². The van der Waals surface area contributed by atoms with Crippen LogP contribution >= 0.6 is 0 Å². The first-order valence-corrected chi connectivity index (χ1v) is 9.87. The SMILES string of the molecule is CC(C)(C)OC(=O)N1CCN(c2ccc3nnc(Cc4ccccc4)n3n2)CC1. The molecule has 1 amide bonds. The number of carbonyl (C=O) groups is 1. The molecule has 0 saturated carbocycles. The minimum Gasteiger partial charge on any atom is -0.444 e. The molecule has 8 heteroatoms. The maximum absolute atomic E-state index is 12.3. The van der Waals surface area contributed by atoms with Gasteiger partial charge in [-0.05, 0) is 38.5 Å². The van der Waals surface area contributed by atoms with Gasteiger partial charge in [-0.25, -0.2) is 4.79 Å². The maximum Gasteiger partial charge on any atom is 0.410 e. The predicted octanol–water partition coefficient (Wildman–Crippen LogP) is 2.77. The lowest BCUT2D eigenvalue weighted by atomic mass is 10.1. The van der Waals surface area contributed by atoms with Crippen molar-refractivity contribution in [1.82, 2.24) is 24.7 Å². The van der Waals surface area contributed by atoms with Crippen LogP contribution in [0.1, 0.15) is 32.2 Å². The summed E-state index contributed by atoms with van der Waals surface area (Å²) in [7, 11) is 0. The first kappa shape index (κ1) is 19.2. The largest absolute Gasteiger partial charge is 0.444 e. The minimum atomic E-state index is -0.482. The van der Waals surface area contributed by atoms with Gasteiger partial charge in [0.1, 0.15) is 11.4 Å². The molecule has 0 bridgehead atoms. The highest BCUT2D eigenvalue weighted by Gasteiger charge is 2.26. The third kappa shape index (κ3) is 4.47. The molecule has 1 fully saturated rings. The molecule has 0 aliphatic carbocycles. The molecule has 8 nitrogen and oxygen atoms in total. The zero-order valence-electron chi connectivity index (χ0n) is 17.1. The van der Waals surface area contributed by atoms with Crippen molar-refractivity contribution in [2.75, 3.05) is 31.1 Å². The molecule has 0 radical (unpaired) electrons. The minimum absolute atomic E-state index is 0.260. The van der Waals surface area contributed by atoms with Crippen molar-refractivity contribution in [2.24, 2.45) is 0 Å². The summed E-state index contributed by atoms with van der Waals surface area (Å²) in [5.41, 5.74) is 1.41. The number of piperazine rings is 1. The molecular weight excluding hydrogens is 368 g/mol. The van der Waals surface area contributed by atoms with Gasteiger partial charge in [0.25, 0.3) is 0 Å². The van der Waals surface area contributed by atoms with Crippen molar-refractivity contribution in [3.05, 3.63) is 53.9 Å². The molecular formula is C21H26N6O2. The van der Waals surface area contributed by atoms with Gasteiger partial charge in [-0.3, -0.25) is 0 Å². The van der Waals surface area contributed by atoms with E-state index in [1.165, 1.54) is 5.56 Å². The molecule has 3 heterocycles. The smallest absolute Gasteiger partial charge is 0.410 e. The molecule has 1 aliphatic heterocycles. The van der Waals surface area contributed by atoms with Crippen LogP contribution in [0.4, 0.5) is 10.6 Å². The summed E-state index contributed by atoms with van der Waals surface area (Å²) in [6.07, 6.45) is 0.412. The Labute approximate surface area is 170 Å². The highest BCUT2D eigenvalue weighted by atomic mass is 16.6. The molecule has 1 aromatic carbocycles. The van der Waals surface area contributed by atoms with Gasteiger partial charge >= 0.3 is 6.09 Å². The van der Waals surface area contributed by atoms with E-state index >= 15 is 0 Å². The summed E-state index contributed by atoms with van der Waals surface area (Å²) in [6.45, 7) is 8.26. The number of hydrogen-bond donors (Lipinski definition) is 0. The molecule has 2 aromatic heterocycles. The second kappa shape index (κ2) is 7.69. The van der Waals surface area contributed by atoms with E-state index in [0.29, 0.717) is 32.6 Å². The first-order chi connectivity index (χ1) is 13.9. The standard InChI is InChI=1S/C21H26N6O2/c1-21(2,3)29-20(28)26-13-11-25(12-14-26)18-10-9-17-22-23-19(27(17)24-18)15-16-7-5-4-6-8-16/h4-10H,11-15H2,1-3H3. The van der Waals surface area contributed by atoms with Crippen LogP contribution in [0, 0.1) is 0 Å². The number of aromatic nitrogens is 4. The number of nitrogens with zero attached hydrogens (tertiary/aromatic N) is 6. The molecule has 4 rings (SSSR count). The predicted molar refractivity (Wildman–Crippen MR) is 110 cm³/mol. The molecule has 0 unspecified atom stereocenters. The van der Waals surface area contributed by atoms with Gasteiger partial charge in [0.2, 0.25) is 0 Å². The summed E-state index contributed by atoms with van der Waals surface area (Å²) in [6, 6.07) is 14.1. The third-order valence-electron chi connectivity index (χ3n) is 4.77. The fraction of sp³-hybridized carbons (Fsp3) is 0.429. The first-order valence-electron chi connectivity index (χ1n) is 9.87. The summed E-state index contributed by atoms with van der Waals surface area (Å²) in [5, 5.41) is 13.3. The van der Waals surface area contributed by atoms with Gasteiger partial charge < -0.3 is 14.5 Å². The van der Waals surface area contributed by atoms with Gasteiger partial charge in [0.05, 0.1) is 0 Å². The van der Waals surface area contributed by atoms with Gasteiger partial charge in [-0.2, -0.15) is 4.52 Å². The lowest BCUT2D eigenvalue weighted by Crippen LogP contribution is -2.50. The lowest BCUT2D eigenvalue weighted by molar-refractivity contribution is 0.0240. The fourth-order valence-corrected chi connectivity index (χ4v) is 3.33. The van der Waals surface area contributed by atoms with Crippen LogP contribution in [0.5, 0.6) is 0 Å². The molecule has 0 N–H and O–H groups in total. The average Bonchev–Trinajstić information content (AvgIpc) is 3.10. The molecule has 0 spiro atoms. The Hall–Kier alpha value is -3.16. The number of amides is 1. The molecule has 0 atom stereocenters. The Bertz CT molecular complexity index is 987. The van der Waals surface area contributed by atoms with Crippen LogP contribution in [-0.4, -0.2) is 62.6 Å². The number of rotatable bonds is 3. The zero-order chi connectivity index (χ0) is 20.4. The number of ether oxygens (including phenoxy) is 1. The highest BCUT2D eigenvalue weighted by molar-refractivity contribution is 5.68. The Morgan fingerprint density at radius 3 is 2.41 bits per heavy atom. The Morgan fingerprint density at radius 1 is 1.00 bits per heavy atom. The number of hydrogen-bond acceptors (Lipinski definition) is 6. The van der Waals surface area contributed by atoms with E-state index in [2.05, 4.69) is 27.2 Å². The maximum atomic E-state index is 12.3. The Balaban J connectivity index is 1.46. The average molecular weight is 394 g/mol. The second-order valence-electron chi connectivity index (χ2n) is 8.19. The second-order valence-corrected chi connectivity index (χ2v) is 8.19. The normalized spacial score (nSPS) is 15.0. The number of fused-ring (bicyclic) bond motifs is 1. The molecule has 3 aromatic rings. The Kier molecular flexibility index (Phi) is 5.08. The third-order valence-corrected chi connectivity index (χ3v) is 4.77. The van der Waals surface area contributed by atoms with Crippen molar-refractivity contribution in [2.45, 2.75) is 32.8 Å². The molecule has 1 saturated heterocycles. The summed E-state index contributed by atoms with van der Waals surface area (Å²) in [5.74, 6) is 1.66. The summed E-state index contributed by atoms with van der Waals surface area (Å²) in [4.78, 5) is 16.2. The van der Waals surface area contributed by atoms with E-state index in [-0.39, 0.29) is 6.09 Å². The number of anilines is 1. The van der Waals surface area contributed by atoms with Crippen molar-refractivity contribution < 1.29 is 9.53 Å². The Morgan fingerprint density at radius 2 is 1.72 bits per heavy atom. The number of carbonyl (C=O) groups excluding carboxylic acids is 1. The van der Waals surface area contributed by atoms with Crippen LogP contribution in [0.25, 0.3) is 5.65 Å². The van der Waals surface area contributed by atoms with Gasteiger partial charge in [0, 0.05) is 32.6 Å². The van der Waals surface area contributed by atoms with E-state index < -0.39 is 5.60 Å². The van der Waals surface area contributed by atoms with Crippen molar-refractivity contribution in [3.63, 3.8) is 0 Å². The quantitative estimate of drug-likeness (QED) is 0.680. The topological polar surface area (TPSA) is 75.9 Å². The fourth-order valence-electron chi connectivity index (χ4n) is 3.33. The van der Waals surface area contributed by atoms with Gasteiger partial charge in [0.15, 0.2) is 11.5 Å². The molecule has 152 valence electrons. The van der Waals surface area contributed by atoms with Crippen LogP contribution < -0.4 is 4.90 Å². The number of benzene rings is 1. The summed E-state index contributed by atoms with van der Waals surface area (Å²) >= 11 is 0. The molecule has 1 aliphatic rings. The van der Waals surface area contributed by atoms with E-state index in [0.717, 1.165) is 17.3 Å². The highest BCUT2D eigenvalue weighted by Crippen LogP contribution is 2.17. The van der Waals surface area contributed by atoms with E-state index in [4.69, 9.17) is 9.84 Å². The van der Waals surface area contributed by atoms with Gasteiger partial charge in [-0.1, -0.05) is 30.3 Å². The molecule has 29 heavy (non-hydrogen) atoms. The van der Waals surface area contributed by atoms with Crippen LogP contribution in [0.2, 0.25) is 0 Å². The van der Waals surface area contributed by atoms with Crippen LogP contribution in [-0.2, 0) is 11.2 Å². The zero-order valence-corrected chi connectivity index (χ0v) is 17.1. The van der Waals surface area contributed by atoms with Crippen molar-refractivity contribution in [1.29, 1.82) is 0 Å². The van der Waals surface area contributed by atoms with E-state index in [1.54, 1.807) is 4.90 Å². The summed E-state index contributed by atoms with van der Waals surface area (Å²) < 4.78 is 7.28. The van der Waals surface area contributed by atoms with E-state index in [1.807, 2.05) is 55.6 Å². The van der Waals surface area contributed by atoms with Crippen LogP contribution in [0.15, 0.2) is 42.5 Å². The monoisotopic (exact) mass is 394 g/mol. The van der Waals surface area contributed by atoms with Crippen molar-refractivity contribution in [3.8, 4) is 0 Å². The van der Waals surface area contributed by atoms with Gasteiger partial charge in [-0.15, -0.1) is 15.3 Å². The van der Waals surface area contributed by atoms with Crippen molar-refractivity contribution >= 4 is 17.6 Å².